The lowest BCUT2D eigenvalue weighted by Gasteiger charge is -2.28. The zero-order valence-corrected chi connectivity index (χ0v) is 14.7. The van der Waals surface area contributed by atoms with Crippen LogP contribution < -0.4 is 10.5 Å². The van der Waals surface area contributed by atoms with Crippen molar-refractivity contribution in [2.24, 2.45) is 5.92 Å². The fraction of sp³-hybridized carbons (Fsp3) is 0.550. The van der Waals surface area contributed by atoms with E-state index in [-0.39, 0.29) is 5.63 Å². The van der Waals surface area contributed by atoms with Gasteiger partial charge in [0.15, 0.2) is 0 Å². The van der Waals surface area contributed by atoms with Gasteiger partial charge in [0.25, 0.3) is 0 Å². The summed E-state index contributed by atoms with van der Waals surface area (Å²) >= 11 is 0. The highest BCUT2D eigenvalue weighted by molar-refractivity contribution is 5.82. The third-order valence-corrected chi connectivity index (χ3v) is 5.14. The van der Waals surface area contributed by atoms with Crippen molar-refractivity contribution in [1.29, 1.82) is 0 Å². The van der Waals surface area contributed by atoms with Crippen molar-refractivity contribution >= 4 is 11.0 Å². The van der Waals surface area contributed by atoms with E-state index in [1.807, 2.05) is 6.07 Å². The Bertz CT molecular complexity index is 760. The first kappa shape index (κ1) is 16.3. The number of hydrogen-bond acceptors (Lipinski definition) is 2. The zero-order valence-electron chi connectivity index (χ0n) is 14.7. The molecular formula is C20H28NO2+. The molecule has 1 N–H and O–H groups in total. The van der Waals surface area contributed by atoms with E-state index < -0.39 is 0 Å². The van der Waals surface area contributed by atoms with Crippen LogP contribution >= 0.6 is 0 Å². The molecule has 3 heteroatoms. The molecule has 1 aliphatic rings. The SMILES string of the molecule is Cc1cc2oc(=O)cc(C[NH+]3CCC[C@@H](C)C3)c2cc1C(C)C. The molecule has 1 unspecified atom stereocenters. The van der Waals surface area contributed by atoms with Crippen LogP contribution in [0.4, 0.5) is 0 Å². The first-order valence-electron chi connectivity index (χ1n) is 8.85. The smallest absolute Gasteiger partial charge is 0.336 e. The predicted octanol–water partition coefficient (Wildman–Crippen LogP) is 3.04. The minimum absolute atomic E-state index is 0.228. The number of nitrogens with one attached hydrogen (secondary N) is 1. The molecule has 1 aliphatic heterocycles. The molecule has 1 saturated heterocycles. The van der Waals surface area contributed by atoms with E-state index in [0.717, 1.165) is 29.0 Å². The van der Waals surface area contributed by atoms with Crippen LogP contribution in [0.3, 0.4) is 0 Å². The highest BCUT2D eigenvalue weighted by atomic mass is 16.4. The van der Waals surface area contributed by atoms with Gasteiger partial charge in [0.2, 0.25) is 0 Å². The Morgan fingerprint density at radius 1 is 1.30 bits per heavy atom. The standard InChI is InChI=1S/C20H27NO2/c1-13(2)17-10-18-16(12-21-7-5-6-14(3)11-21)9-20(22)23-19(18)8-15(17)4/h8-10,13-14H,5-7,11-12H2,1-4H3/p+1/t14-/m1/s1. The summed E-state index contributed by atoms with van der Waals surface area (Å²) in [5.74, 6) is 1.25. The Morgan fingerprint density at radius 2 is 2.09 bits per heavy atom. The summed E-state index contributed by atoms with van der Waals surface area (Å²) in [7, 11) is 0. The van der Waals surface area contributed by atoms with E-state index in [4.69, 9.17) is 4.42 Å². The molecule has 2 atom stereocenters. The summed E-state index contributed by atoms with van der Waals surface area (Å²) in [5.41, 5.74) is 4.19. The second-order valence-electron chi connectivity index (χ2n) is 7.58. The fourth-order valence-electron chi connectivity index (χ4n) is 3.99. The molecule has 0 saturated carbocycles. The number of rotatable bonds is 3. The quantitative estimate of drug-likeness (QED) is 0.884. The van der Waals surface area contributed by atoms with Gasteiger partial charge in [-0.3, -0.25) is 0 Å². The Kier molecular flexibility index (Phi) is 4.58. The predicted molar refractivity (Wildman–Crippen MR) is 94.1 cm³/mol. The molecule has 3 nitrogen and oxygen atoms in total. The fourth-order valence-corrected chi connectivity index (χ4v) is 3.99. The summed E-state index contributed by atoms with van der Waals surface area (Å²) in [5, 5.41) is 1.12. The second kappa shape index (κ2) is 6.48. The Morgan fingerprint density at radius 3 is 2.78 bits per heavy atom. The summed E-state index contributed by atoms with van der Waals surface area (Å²) < 4.78 is 5.46. The first-order chi connectivity index (χ1) is 10.9. The van der Waals surface area contributed by atoms with E-state index in [1.54, 1.807) is 11.0 Å². The molecule has 124 valence electrons. The van der Waals surface area contributed by atoms with Crippen LogP contribution in [0.5, 0.6) is 0 Å². The second-order valence-corrected chi connectivity index (χ2v) is 7.58. The third-order valence-electron chi connectivity index (χ3n) is 5.14. The maximum Gasteiger partial charge on any atom is 0.336 e. The molecule has 3 rings (SSSR count). The number of fused-ring (bicyclic) bond motifs is 1. The van der Waals surface area contributed by atoms with Gasteiger partial charge in [0, 0.05) is 22.9 Å². The molecule has 0 amide bonds. The first-order valence-corrected chi connectivity index (χ1v) is 8.85. The molecule has 0 radical (unpaired) electrons. The molecular weight excluding hydrogens is 286 g/mol. The van der Waals surface area contributed by atoms with E-state index in [2.05, 4.69) is 33.8 Å². The Balaban J connectivity index is 2.04. The van der Waals surface area contributed by atoms with Gasteiger partial charge in [0.1, 0.15) is 12.1 Å². The zero-order chi connectivity index (χ0) is 16.6. The molecule has 1 aromatic carbocycles. The Labute approximate surface area is 138 Å². The highest BCUT2D eigenvalue weighted by Crippen LogP contribution is 2.26. The van der Waals surface area contributed by atoms with Gasteiger partial charge in [0.05, 0.1) is 13.1 Å². The monoisotopic (exact) mass is 314 g/mol. The van der Waals surface area contributed by atoms with Gasteiger partial charge in [-0.05, 0) is 48.9 Å². The van der Waals surface area contributed by atoms with Crippen molar-refractivity contribution in [3.05, 3.63) is 45.3 Å². The third kappa shape index (κ3) is 3.50. The van der Waals surface area contributed by atoms with E-state index >= 15 is 0 Å². The average molecular weight is 314 g/mol. The maximum absolute atomic E-state index is 12.0. The van der Waals surface area contributed by atoms with Crippen molar-refractivity contribution < 1.29 is 9.32 Å². The van der Waals surface area contributed by atoms with Gasteiger partial charge < -0.3 is 9.32 Å². The summed E-state index contributed by atoms with van der Waals surface area (Å²) in [4.78, 5) is 13.5. The van der Waals surface area contributed by atoms with E-state index in [0.29, 0.717) is 5.92 Å². The van der Waals surface area contributed by atoms with Crippen LogP contribution in [0.15, 0.2) is 27.4 Å². The summed E-state index contributed by atoms with van der Waals surface area (Å²) in [6.07, 6.45) is 2.62. The van der Waals surface area contributed by atoms with Crippen LogP contribution in [-0.4, -0.2) is 13.1 Å². The maximum atomic E-state index is 12.0. The van der Waals surface area contributed by atoms with E-state index in [1.165, 1.54) is 37.1 Å². The van der Waals surface area contributed by atoms with Crippen molar-refractivity contribution in [3.8, 4) is 0 Å². The summed E-state index contributed by atoms with van der Waals surface area (Å²) in [6, 6.07) is 5.97. The largest absolute Gasteiger partial charge is 0.423 e. The minimum atomic E-state index is -0.228. The van der Waals surface area contributed by atoms with Crippen LogP contribution in [0.1, 0.15) is 56.2 Å². The molecule has 23 heavy (non-hydrogen) atoms. The number of piperidine rings is 1. The van der Waals surface area contributed by atoms with Crippen LogP contribution in [-0.2, 0) is 6.54 Å². The molecule has 1 fully saturated rings. The van der Waals surface area contributed by atoms with Gasteiger partial charge in [-0.25, -0.2) is 4.79 Å². The number of benzene rings is 1. The summed E-state index contributed by atoms with van der Waals surface area (Å²) in [6.45, 7) is 12.2. The molecule has 0 aliphatic carbocycles. The topological polar surface area (TPSA) is 34.6 Å². The lowest BCUT2D eigenvalue weighted by molar-refractivity contribution is -0.922. The molecule has 1 aromatic heterocycles. The van der Waals surface area contributed by atoms with Gasteiger partial charge in [-0.2, -0.15) is 0 Å². The van der Waals surface area contributed by atoms with E-state index in [9.17, 15) is 4.79 Å². The van der Waals surface area contributed by atoms with Crippen LogP contribution in [0.25, 0.3) is 11.0 Å². The average Bonchev–Trinajstić information content (AvgIpc) is 2.46. The number of aryl methyl sites for hydroxylation is 1. The lowest BCUT2D eigenvalue weighted by Crippen LogP contribution is -3.12. The highest BCUT2D eigenvalue weighted by Gasteiger charge is 2.21. The Hall–Kier alpha value is -1.61. The van der Waals surface area contributed by atoms with Gasteiger partial charge >= 0.3 is 5.63 Å². The van der Waals surface area contributed by atoms with Crippen molar-refractivity contribution in [3.63, 3.8) is 0 Å². The van der Waals surface area contributed by atoms with Gasteiger partial charge in [-0.15, -0.1) is 0 Å². The molecule has 0 bridgehead atoms. The number of quaternary nitrogens is 1. The normalized spacial score (nSPS) is 22.0. The van der Waals surface area contributed by atoms with Crippen LogP contribution in [0.2, 0.25) is 0 Å². The molecule has 0 spiro atoms. The van der Waals surface area contributed by atoms with Gasteiger partial charge in [-0.1, -0.05) is 20.8 Å². The number of hydrogen-bond donors (Lipinski definition) is 1. The minimum Gasteiger partial charge on any atom is -0.423 e. The lowest BCUT2D eigenvalue weighted by atomic mass is 9.94. The number of likely N-dealkylation sites (tertiary alicyclic amines) is 1. The van der Waals surface area contributed by atoms with Crippen LogP contribution in [0, 0.1) is 12.8 Å². The van der Waals surface area contributed by atoms with Crippen molar-refractivity contribution in [2.45, 2.75) is 53.0 Å². The van der Waals surface area contributed by atoms with Crippen molar-refractivity contribution in [1.82, 2.24) is 0 Å². The molecule has 2 aromatic rings. The van der Waals surface area contributed by atoms with Crippen molar-refractivity contribution in [2.75, 3.05) is 13.1 Å². The molecule has 2 heterocycles.